The van der Waals surface area contributed by atoms with Crippen molar-refractivity contribution in [2.24, 2.45) is 5.92 Å². The predicted octanol–water partition coefficient (Wildman–Crippen LogP) is 6.94. The normalized spacial score (nSPS) is 24.1. The van der Waals surface area contributed by atoms with Gasteiger partial charge < -0.3 is 39.5 Å². The van der Waals surface area contributed by atoms with E-state index in [1.165, 1.54) is 5.19 Å². The second-order valence-corrected chi connectivity index (χ2v) is 23.8. The summed E-state index contributed by atoms with van der Waals surface area (Å²) in [5, 5.41) is 24.1. The van der Waals surface area contributed by atoms with E-state index in [2.05, 4.69) is 53.4 Å². The molecule has 2 fully saturated rings. The Morgan fingerprint density at radius 2 is 1.75 bits per heavy atom. The van der Waals surface area contributed by atoms with Crippen LogP contribution < -0.4 is 29.8 Å². The van der Waals surface area contributed by atoms with E-state index in [4.69, 9.17) is 14.2 Å². The molecule has 2 saturated heterocycles. The molecule has 64 heavy (non-hydrogen) atoms. The van der Waals surface area contributed by atoms with E-state index in [1.54, 1.807) is 16.9 Å². The topological polar surface area (TPSA) is 141 Å². The fourth-order valence-corrected chi connectivity index (χ4v) is 15.4. The lowest BCUT2D eigenvalue weighted by molar-refractivity contribution is -0.150. The van der Waals surface area contributed by atoms with Gasteiger partial charge in [0.1, 0.15) is 11.5 Å². The van der Waals surface area contributed by atoms with Crippen molar-refractivity contribution in [2.45, 2.75) is 101 Å². The Morgan fingerprint density at radius 3 is 2.48 bits per heavy atom. The third-order valence-electron chi connectivity index (χ3n) is 14.1. The van der Waals surface area contributed by atoms with E-state index in [0.717, 1.165) is 63.3 Å². The summed E-state index contributed by atoms with van der Waals surface area (Å²) in [6, 6.07) is 27.1. The van der Waals surface area contributed by atoms with Crippen molar-refractivity contribution in [2.75, 3.05) is 49.8 Å². The Hall–Kier alpha value is -4.57. The summed E-state index contributed by atoms with van der Waals surface area (Å²) >= 11 is 3.72. The molecule has 0 bridgehead atoms. The van der Waals surface area contributed by atoms with Gasteiger partial charge in [0, 0.05) is 34.8 Å². The first kappa shape index (κ1) is 46.0. The van der Waals surface area contributed by atoms with E-state index < -0.39 is 25.8 Å². The summed E-state index contributed by atoms with van der Waals surface area (Å²) in [6.45, 7) is 10.6. The number of nitrogens with one attached hydrogen (secondary N) is 1. The van der Waals surface area contributed by atoms with Crippen LogP contribution in [0.2, 0.25) is 18.6 Å². The summed E-state index contributed by atoms with van der Waals surface area (Å²) in [5.41, 5.74) is 3.29. The zero-order valence-corrected chi connectivity index (χ0v) is 40.1. The van der Waals surface area contributed by atoms with Crippen LogP contribution in [0.1, 0.15) is 62.6 Å². The minimum Gasteiger partial charge on any atom is -0.497 e. The van der Waals surface area contributed by atoms with E-state index in [9.17, 15) is 19.8 Å². The molecule has 4 heterocycles. The van der Waals surface area contributed by atoms with Gasteiger partial charge in [0.15, 0.2) is 5.60 Å². The highest BCUT2D eigenvalue weighted by Gasteiger charge is 2.66. The number of halogens is 1. The maximum absolute atomic E-state index is 15.6. The number of nitrogens with zero attached hydrogens (tertiary/aromatic N) is 3. The quantitative estimate of drug-likeness (QED) is 0.0805. The van der Waals surface area contributed by atoms with Crippen LogP contribution >= 0.6 is 15.9 Å². The van der Waals surface area contributed by atoms with Gasteiger partial charge in [-0.2, -0.15) is 0 Å². The number of carbonyl (C=O) groups excluding carboxylic acids is 3. The molecule has 4 aliphatic rings. The van der Waals surface area contributed by atoms with E-state index >= 15 is 4.79 Å². The monoisotopic (exact) mass is 952 g/mol. The standard InChI is InChI=1S/C50H61BrN4O8Si/c1-6-62-39-17-21-43-34(26-39)27-42(52-22-7-8-24-56)48(59)55(43)36-12-9-11-33(25-36)30-54-44-20-14-35(51)28-41(44)50(49(54)60)32(2)47(64(4,5)40-18-15-38(61-3)16-19-40)45(63-50)29-46(58)53-23-10-13-37(53)31-57/h9,11-12,14-21,25-26,28,32,37,42,45,47,52,56-57H,6-8,10,13,22-24,27,29-31H2,1-5H3/t32-,37-,42?,45+,47-,50+/m0/s1. The molecule has 0 saturated carbocycles. The maximum atomic E-state index is 15.6. The largest absolute Gasteiger partial charge is 0.497 e. The Bertz CT molecular complexity index is 2360. The number of benzene rings is 4. The number of unbranched alkanes of at least 4 members (excludes halogenated alkanes) is 1. The molecule has 4 aliphatic heterocycles. The smallest absolute Gasteiger partial charge is 0.264 e. The number of aliphatic hydroxyl groups is 2. The molecule has 4 aromatic rings. The van der Waals surface area contributed by atoms with Gasteiger partial charge in [0.2, 0.25) is 11.8 Å². The molecule has 3 N–H and O–H groups in total. The molecule has 4 aromatic carbocycles. The second-order valence-electron chi connectivity index (χ2n) is 18.2. The number of hydrogen-bond acceptors (Lipinski definition) is 9. The number of carbonyl (C=O) groups is 3. The molecule has 8 rings (SSSR count). The molecule has 14 heteroatoms. The van der Waals surface area contributed by atoms with Crippen LogP contribution in [0, 0.1) is 5.92 Å². The van der Waals surface area contributed by atoms with Crippen LogP contribution in [0.5, 0.6) is 11.5 Å². The number of likely N-dealkylation sites (tertiary alicyclic amines) is 1. The molecular weight excluding hydrogens is 893 g/mol. The van der Waals surface area contributed by atoms with Crippen LogP contribution in [-0.2, 0) is 37.7 Å². The van der Waals surface area contributed by atoms with Crippen molar-refractivity contribution >= 4 is 64.0 Å². The lowest BCUT2D eigenvalue weighted by Gasteiger charge is -2.37. The number of rotatable bonds is 16. The molecule has 1 spiro atoms. The zero-order chi connectivity index (χ0) is 45.3. The minimum absolute atomic E-state index is 0.0607. The van der Waals surface area contributed by atoms with Gasteiger partial charge in [-0.25, -0.2) is 0 Å². The van der Waals surface area contributed by atoms with Crippen LogP contribution in [-0.4, -0.2) is 99.1 Å². The van der Waals surface area contributed by atoms with Crippen molar-refractivity contribution in [1.82, 2.24) is 10.2 Å². The van der Waals surface area contributed by atoms with Crippen LogP contribution in [0.15, 0.2) is 89.4 Å². The highest BCUT2D eigenvalue weighted by molar-refractivity contribution is 9.10. The molecule has 0 radical (unpaired) electrons. The van der Waals surface area contributed by atoms with E-state index in [1.807, 2.05) is 84.6 Å². The zero-order valence-electron chi connectivity index (χ0n) is 37.5. The lowest BCUT2D eigenvalue weighted by atomic mass is 9.82. The van der Waals surface area contributed by atoms with Gasteiger partial charge in [-0.15, -0.1) is 0 Å². The van der Waals surface area contributed by atoms with Gasteiger partial charge in [0.25, 0.3) is 5.91 Å². The van der Waals surface area contributed by atoms with Crippen molar-refractivity contribution in [3.8, 4) is 11.5 Å². The first-order valence-corrected chi connectivity index (χ1v) is 26.6. The number of hydrogen-bond donors (Lipinski definition) is 3. The third-order valence-corrected chi connectivity index (χ3v) is 19.0. The molecule has 3 amide bonds. The minimum atomic E-state index is -2.53. The average Bonchev–Trinajstić information content (AvgIpc) is 3.95. The molecule has 1 unspecified atom stereocenters. The van der Waals surface area contributed by atoms with Crippen molar-refractivity contribution < 1.29 is 38.8 Å². The lowest BCUT2D eigenvalue weighted by Crippen LogP contribution is -2.52. The van der Waals surface area contributed by atoms with E-state index in [-0.39, 0.29) is 61.4 Å². The second kappa shape index (κ2) is 19.1. The Balaban J connectivity index is 1.15. The third kappa shape index (κ3) is 8.41. The Labute approximate surface area is 386 Å². The fourth-order valence-electron chi connectivity index (χ4n) is 11.0. The number of methoxy groups -OCH3 is 1. The highest BCUT2D eigenvalue weighted by atomic mass is 79.9. The van der Waals surface area contributed by atoms with Gasteiger partial charge in [-0.05, 0) is 123 Å². The summed E-state index contributed by atoms with van der Waals surface area (Å²) in [5.74, 6) is 0.872. The summed E-state index contributed by atoms with van der Waals surface area (Å²) < 4.78 is 19.5. The van der Waals surface area contributed by atoms with Gasteiger partial charge in [0.05, 0.1) is 70.9 Å². The summed E-state index contributed by atoms with van der Waals surface area (Å²) in [4.78, 5) is 49.7. The number of amides is 3. The summed E-state index contributed by atoms with van der Waals surface area (Å²) in [7, 11) is -0.877. The van der Waals surface area contributed by atoms with Gasteiger partial charge in [-0.3, -0.25) is 19.3 Å². The van der Waals surface area contributed by atoms with Crippen molar-refractivity contribution in [3.05, 3.63) is 106 Å². The molecule has 0 aliphatic carbocycles. The van der Waals surface area contributed by atoms with Crippen LogP contribution in [0.25, 0.3) is 0 Å². The molecular formula is C50H61BrN4O8Si. The Kier molecular flexibility index (Phi) is 13.7. The first-order chi connectivity index (χ1) is 30.9. The first-order valence-electron chi connectivity index (χ1n) is 22.7. The fraction of sp³-hybridized carbons (Fsp3) is 0.460. The molecule has 0 aromatic heterocycles. The summed E-state index contributed by atoms with van der Waals surface area (Å²) in [6.07, 6.45) is 3.04. The Morgan fingerprint density at radius 1 is 0.984 bits per heavy atom. The van der Waals surface area contributed by atoms with E-state index in [0.29, 0.717) is 38.2 Å². The highest BCUT2D eigenvalue weighted by Crippen LogP contribution is 2.60. The van der Waals surface area contributed by atoms with Crippen molar-refractivity contribution in [3.63, 3.8) is 0 Å². The average molecular weight is 954 g/mol. The number of anilines is 3. The number of aliphatic hydroxyl groups excluding tert-OH is 2. The van der Waals surface area contributed by atoms with Crippen molar-refractivity contribution in [1.29, 1.82) is 0 Å². The van der Waals surface area contributed by atoms with Crippen LogP contribution in [0.4, 0.5) is 17.1 Å². The molecule has 6 atom stereocenters. The van der Waals surface area contributed by atoms with Gasteiger partial charge in [-0.1, -0.05) is 65.4 Å². The SMILES string of the molecule is CCOc1ccc2c(c1)CC(NCCCCO)C(=O)N2c1cccc(CN2C(=O)[C@]3(O[C@H](CC(=O)N4CCC[C@H]4CO)[C@@H]([Si](C)(C)c4ccc(OC)cc4)[C@@H]3C)c3cc(Br)ccc32)c1. The van der Waals surface area contributed by atoms with Gasteiger partial charge >= 0.3 is 0 Å². The predicted molar refractivity (Wildman–Crippen MR) is 254 cm³/mol. The molecule has 340 valence electrons. The number of fused-ring (bicyclic) bond motifs is 3. The number of ether oxygens (including phenoxy) is 3. The maximum Gasteiger partial charge on any atom is 0.264 e. The van der Waals surface area contributed by atoms with Crippen LogP contribution in [0.3, 0.4) is 0 Å². The molecule has 12 nitrogen and oxygen atoms in total.